The van der Waals surface area contributed by atoms with Crippen molar-refractivity contribution in [2.45, 2.75) is 19.5 Å². The standard InChI is InChI=1S/C14H19Cl2N3S/c1-10(14(17)20)19-6-4-18(5-7-19)9-11-2-3-12(15)8-13(11)16/h2-3,8,10H,4-7,9H2,1H3,(H2,17,20). The molecule has 0 saturated carbocycles. The van der Waals surface area contributed by atoms with Crippen molar-refractivity contribution in [1.82, 2.24) is 9.80 Å². The van der Waals surface area contributed by atoms with Gasteiger partial charge in [0, 0.05) is 42.8 Å². The molecule has 0 spiro atoms. The zero-order valence-electron chi connectivity index (χ0n) is 11.5. The van der Waals surface area contributed by atoms with E-state index < -0.39 is 0 Å². The highest BCUT2D eigenvalue weighted by atomic mass is 35.5. The van der Waals surface area contributed by atoms with Gasteiger partial charge in [-0.3, -0.25) is 9.80 Å². The van der Waals surface area contributed by atoms with Crippen LogP contribution in [0.5, 0.6) is 0 Å². The van der Waals surface area contributed by atoms with E-state index in [4.69, 9.17) is 41.2 Å². The van der Waals surface area contributed by atoms with E-state index in [9.17, 15) is 0 Å². The molecule has 20 heavy (non-hydrogen) atoms. The van der Waals surface area contributed by atoms with Crippen LogP contribution in [0.3, 0.4) is 0 Å². The fourth-order valence-corrected chi connectivity index (χ4v) is 3.00. The van der Waals surface area contributed by atoms with Gasteiger partial charge in [-0.1, -0.05) is 41.5 Å². The largest absolute Gasteiger partial charge is 0.392 e. The highest BCUT2D eigenvalue weighted by molar-refractivity contribution is 7.80. The first-order valence-corrected chi connectivity index (χ1v) is 7.83. The average Bonchev–Trinajstić information content (AvgIpc) is 2.42. The summed E-state index contributed by atoms with van der Waals surface area (Å²) in [6, 6.07) is 5.85. The lowest BCUT2D eigenvalue weighted by molar-refractivity contribution is 0.118. The second kappa shape index (κ2) is 7.05. The van der Waals surface area contributed by atoms with Crippen LogP contribution >= 0.6 is 35.4 Å². The van der Waals surface area contributed by atoms with Gasteiger partial charge in [-0.15, -0.1) is 0 Å². The third-order valence-corrected chi connectivity index (χ3v) is 4.70. The smallest absolute Gasteiger partial charge is 0.0899 e. The van der Waals surface area contributed by atoms with Gasteiger partial charge in [0.1, 0.15) is 0 Å². The van der Waals surface area contributed by atoms with Gasteiger partial charge in [0.25, 0.3) is 0 Å². The van der Waals surface area contributed by atoms with Crippen LogP contribution in [0.2, 0.25) is 10.0 Å². The molecule has 0 amide bonds. The molecular formula is C14H19Cl2N3S. The Balaban J connectivity index is 1.90. The molecule has 1 fully saturated rings. The molecule has 2 rings (SSSR count). The van der Waals surface area contributed by atoms with E-state index in [0.717, 1.165) is 43.3 Å². The van der Waals surface area contributed by atoms with Crippen molar-refractivity contribution >= 4 is 40.4 Å². The summed E-state index contributed by atoms with van der Waals surface area (Å²) in [6.07, 6.45) is 0. The van der Waals surface area contributed by atoms with Crippen molar-refractivity contribution in [3.8, 4) is 0 Å². The molecule has 110 valence electrons. The molecule has 1 atom stereocenters. The van der Waals surface area contributed by atoms with E-state index in [2.05, 4.69) is 16.7 Å². The summed E-state index contributed by atoms with van der Waals surface area (Å²) in [4.78, 5) is 5.28. The van der Waals surface area contributed by atoms with Gasteiger partial charge in [-0.2, -0.15) is 0 Å². The minimum absolute atomic E-state index is 0.172. The third kappa shape index (κ3) is 4.06. The van der Waals surface area contributed by atoms with E-state index in [1.54, 1.807) is 6.07 Å². The molecule has 0 aliphatic carbocycles. The van der Waals surface area contributed by atoms with E-state index >= 15 is 0 Å². The quantitative estimate of drug-likeness (QED) is 0.860. The van der Waals surface area contributed by atoms with Crippen LogP contribution in [0.15, 0.2) is 18.2 Å². The second-order valence-corrected chi connectivity index (χ2v) is 6.44. The molecular weight excluding hydrogens is 313 g/mol. The first kappa shape index (κ1) is 16.0. The Kier molecular flexibility index (Phi) is 5.64. The number of halogens is 2. The molecule has 1 unspecified atom stereocenters. The fourth-order valence-electron chi connectivity index (χ4n) is 2.38. The van der Waals surface area contributed by atoms with Gasteiger partial charge in [0.05, 0.1) is 11.0 Å². The molecule has 1 aromatic rings. The second-order valence-electron chi connectivity index (χ2n) is 5.13. The zero-order valence-corrected chi connectivity index (χ0v) is 13.8. The van der Waals surface area contributed by atoms with Crippen LogP contribution in [-0.2, 0) is 6.54 Å². The molecule has 0 aromatic heterocycles. The predicted molar refractivity (Wildman–Crippen MR) is 89.6 cm³/mol. The SMILES string of the molecule is CC(C(N)=S)N1CCN(Cc2ccc(Cl)cc2Cl)CC1. The van der Waals surface area contributed by atoms with Crippen LogP contribution in [0.1, 0.15) is 12.5 Å². The van der Waals surface area contributed by atoms with Crippen molar-refractivity contribution < 1.29 is 0 Å². The van der Waals surface area contributed by atoms with Gasteiger partial charge < -0.3 is 5.73 Å². The Morgan fingerprint density at radius 3 is 2.50 bits per heavy atom. The summed E-state index contributed by atoms with van der Waals surface area (Å²) in [5, 5.41) is 1.41. The van der Waals surface area contributed by atoms with Crippen molar-refractivity contribution in [3.63, 3.8) is 0 Å². The molecule has 1 aliphatic rings. The zero-order chi connectivity index (χ0) is 14.7. The minimum atomic E-state index is 0.172. The van der Waals surface area contributed by atoms with Gasteiger partial charge >= 0.3 is 0 Å². The number of thiocarbonyl (C=S) groups is 1. The van der Waals surface area contributed by atoms with E-state index in [1.165, 1.54) is 0 Å². The van der Waals surface area contributed by atoms with E-state index in [0.29, 0.717) is 10.0 Å². The fraction of sp³-hybridized carbons (Fsp3) is 0.500. The third-order valence-electron chi connectivity index (χ3n) is 3.78. The Morgan fingerprint density at radius 1 is 1.30 bits per heavy atom. The Labute approximate surface area is 135 Å². The maximum atomic E-state index is 6.21. The molecule has 1 aromatic carbocycles. The molecule has 0 radical (unpaired) electrons. The summed E-state index contributed by atoms with van der Waals surface area (Å²) in [6.45, 7) is 6.85. The lowest BCUT2D eigenvalue weighted by atomic mass is 10.1. The number of nitrogens with two attached hydrogens (primary N) is 1. The Bertz CT molecular complexity index is 487. The average molecular weight is 332 g/mol. The lowest BCUT2D eigenvalue weighted by Crippen LogP contribution is -2.52. The monoisotopic (exact) mass is 331 g/mol. The highest BCUT2D eigenvalue weighted by Crippen LogP contribution is 2.22. The normalized spacial score (nSPS) is 18.9. The van der Waals surface area contributed by atoms with Gasteiger partial charge in [-0.05, 0) is 24.6 Å². The number of rotatable bonds is 4. The predicted octanol–water partition coefficient (Wildman–Crippen LogP) is 2.79. The lowest BCUT2D eigenvalue weighted by Gasteiger charge is -2.37. The van der Waals surface area contributed by atoms with Crippen LogP contribution < -0.4 is 5.73 Å². The molecule has 6 heteroatoms. The molecule has 0 bridgehead atoms. The summed E-state index contributed by atoms with van der Waals surface area (Å²) in [7, 11) is 0. The number of hydrogen-bond acceptors (Lipinski definition) is 3. The van der Waals surface area contributed by atoms with E-state index in [-0.39, 0.29) is 6.04 Å². The molecule has 1 heterocycles. The van der Waals surface area contributed by atoms with Crippen LogP contribution in [0.4, 0.5) is 0 Å². The Morgan fingerprint density at radius 2 is 1.95 bits per heavy atom. The first-order chi connectivity index (χ1) is 9.47. The maximum absolute atomic E-state index is 6.21. The summed E-state index contributed by atoms with van der Waals surface area (Å²) in [5.74, 6) is 0. The molecule has 1 aliphatic heterocycles. The molecule has 3 nitrogen and oxygen atoms in total. The van der Waals surface area contributed by atoms with Crippen LogP contribution in [0, 0.1) is 0 Å². The number of benzene rings is 1. The van der Waals surface area contributed by atoms with Crippen molar-refractivity contribution in [3.05, 3.63) is 33.8 Å². The highest BCUT2D eigenvalue weighted by Gasteiger charge is 2.22. The van der Waals surface area contributed by atoms with Gasteiger partial charge in [-0.25, -0.2) is 0 Å². The Hall–Kier alpha value is -0.390. The summed E-state index contributed by atoms with van der Waals surface area (Å²) in [5.41, 5.74) is 6.82. The minimum Gasteiger partial charge on any atom is -0.392 e. The topological polar surface area (TPSA) is 32.5 Å². The van der Waals surface area contributed by atoms with Crippen LogP contribution in [0.25, 0.3) is 0 Å². The van der Waals surface area contributed by atoms with Gasteiger partial charge in [0.15, 0.2) is 0 Å². The summed E-state index contributed by atoms with van der Waals surface area (Å²) >= 11 is 17.2. The first-order valence-electron chi connectivity index (χ1n) is 6.67. The molecule has 2 N–H and O–H groups in total. The number of piperazine rings is 1. The van der Waals surface area contributed by atoms with Crippen molar-refractivity contribution in [2.24, 2.45) is 5.73 Å². The van der Waals surface area contributed by atoms with Crippen LogP contribution in [-0.4, -0.2) is 47.0 Å². The van der Waals surface area contributed by atoms with Crippen molar-refractivity contribution in [2.75, 3.05) is 26.2 Å². The summed E-state index contributed by atoms with van der Waals surface area (Å²) < 4.78 is 0. The maximum Gasteiger partial charge on any atom is 0.0899 e. The number of nitrogens with zero attached hydrogens (tertiary/aromatic N) is 2. The van der Waals surface area contributed by atoms with Crippen molar-refractivity contribution in [1.29, 1.82) is 0 Å². The number of hydrogen-bond donors (Lipinski definition) is 1. The molecule has 1 saturated heterocycles. The van der Waals surface area contributed by atoms with Gasteiger partial charge in [0.2, 0.25) is 0 Å². The van der Waals surface area contributed by atoms with E-state index in [1.807, 2.05) is 12.1 Å².